The highest BCUT2D eigenvalue weighted by Crippen LogP contribution is 2.29. The molecule has 0 atom stereocenters. The number of hydrogen-bond acceptors (Lipinski definition) is 1. The van der Waals surface area contributed by atoms with E-state index in [1.54, 1.807) is 0 Å². The first-order chi connectivity index (χ1) is 8.33. The maximum absolute atomic E-state index is 6.12. The summed E-state index contributed by atoms with van der Waals surface area (Å²) in [5.74, 6) is 0.832. The van der Waals surface area contributed by atoms with Crippen LogP contribution in [0.2, 0.25) is 5.02 Å². The summed E-state index contributed by atoms with van der Waals surface area (Å²) >= 11 is 6.12. The van der Waals surface area contributed by atoms with E-state index in [2.05, 4.69) is 16.4 Å². The fourth-order valence-corrected chi connectivity index (χ4v) is 2.97. The Hall–Kier alpha value is -1.15. The number of anilines is 1. The van der Waals surface area contributed by atoms with Crippen LogP contribution in [0.25, 0.3) is 10.9 Å². The molecule has 1 heterocycles. The third-order valence-corrected chi connectivity index (χ3v) is 3.90. The predicted octanol–water partition coefficient (Wildman–Crippen LogP) is 4.42. The molecular weight excluding hydrogens is 232 g/mol. The van der Waals surface area contributed by atoms with Gasteiger partial charge in [-0.1, -0.05) is 24.4 Å². The standard InChI is InChI=1S/C14H17ClN2/c15-12-7-11-5-6-16-14(11)13(8-12)17-9-10-3-1-2-4-10/h5-8,10,16-17H,1-4,9H2. The number of aromatic nitrogens is 1. The van der Waals surface area contributed by atoms with E-state index in [-0.39, 0.29) is 0 Å². The first-order valence-corrected chi connectivity index (χ1v) is 6.71. The summed E-state index contributed by atoms with van der Waals surface area (Å²) in [6, 6.07) is 6.06. The van der Waals surface area contributed by atoms with Gasteiger partial charge in [0.05, 0.1) is 11.2 Å². The lowest BCUT2D eigenvalue weighted by molar-refractivity contribution is 0.580. The molecule has 0 saturated heterocycles. The molecule has 1 aromatic heterocycles. The quantitative estimate of drug-likeness (QED) is 0.827. The number of fused-ring (bicyclic) bond motifs is 1. The smallest absolute Gasteiger partial charge is 0.0690 e. The molecule has 1 aromatic carbocycles. The van der Waals surface area contributed by atoms with E-state index in [0.29, 0.717) is 0 Å². The molecule has 1 aliphatic rings. The van der Waals surface area contributed by atoms with Crippen molar-refractivity contribution in [3.05, 3.63) is 29.4 Å². The molecule has 90 valence electrons. The summed E-state index contributed by atoms with van der Waals surface area (Å²) in [5, 5.41) is 5.51. The number of nitrogens with one attached hydrogen (secondary N) is 2. The minimum Gasteiger partial charge on any atom is -0.383 e. The predicted molar refractivity (Wildman–Crippen MR) is 73.8 cm³/mol. The molecule has 0 radical (unpaired) electrons. The van der Waals surface area contributed by atoms with E-state index >= 15 is 0 Å². The zero-order chi connectivity index (χ0) is 11.7. The second-order valence-corrected chi connectivity index (χ2v) is 5.36. The van der Waals surface area contributed by atoms with Crippen LogP contribution >= 0.6 is 11.6 Å². The minimum absolute atomic E-state index is 0.797. The molecule has 3 rings (SSSR count). The molecule has 1 fully saturated rings. The van der Waals surface area contributed by atoms with Crippen LogP contribution in [-0.2, 0) is 0 Å². The molecule has 3 heteroatoms. The van der Waals surface area contributed by atoms with Gasteiger partial charge in [-0.05, 0) is 37.0 Å². The highest BCUT2D eigenvalue weighted by Gasteiger charge is 2.15. The van der Waals surface area contributed by atoms with Crippen molar-refractivity contribution in [2.24, 2.45) is 5.92 Å². The van der Waals surface area contributed by atoms with Crippen molar-refractivity contribution >= 4 is 28.2 Å². The van der Waals surface area contributed by atoms with Crippen LogP contribution in [0, 0.1) is 5.92 Å². The number of rotatable bonds is 3. The Labute approximate surface area is 106 Å². The summed E-state index contributed by atoms with van der Waals surface area (Å²) in [6.45, 7) is 1.06. The minimum atomic E-state index is 0.797. The van der Waals surface area contributed by atoms with Gasteiger partial charge >= 0.3 is 0 Å². The average Bonchev–Trinajstić information content (AvgIpc) is 2.95. The van der Waals surface area contributed by atoms with Gasteiger partial charge in [-0.2, -0.15) is 0 Å². The monoisotopic (exact) mass is 248 g/mol. The molecular formula is C14H17ClN2. The molecule has 2 aromatic rings. The van der Waals surface area contributed by atoms with Crippen LogP contribution in [0.15, 0.2) is 24.4 Å². The van der Waals surface area contributed by atoms with Gasteiger partial charge in [0.2, 0.25) is 0 Å². The van der Waals surface area contributed by atoms with Gasteiger partial charge in [0.15, 0.2) is 0 Å². The fraction of sp³-hybridized carbons (Fsp3) is 0.429. The van der Waals surface area contributed by atoms with E-state index in [9.17, 15) is 0 Å². The van der Waals surface area contributed by atoms with Crippen molar-refractivity contribution < 1.29 is 0 Å². The van der Waals surface area contributed by atoms with Gasteiger partial charge in [-0.3, -0.25) is 0 Å². The van der Waals surface area contributed by atoms with Gasteiger partial charge in [-0.25, -0.2) is 0 Å². The summed E-state index contributed by atoms with van der Waals surface area (Å²) < 4.78 is 0. The van der Waals surface area contributed by atoms with Crippen LogP contribution in [0.1, 0.15) is 25.7 Å². The largest absolute Gasteiger partial charge is 0.383 e. The number of hydrogen-bond donors (Lipinski definition) is 2. The zero-order valence-electron chi connectivity index (χ0n) is 9.80. The molecule has 2 nitrogen and oxygen atoms in total. The Morgan fingerprint density at radius 3 is 2.94 bits per heavy atom. The first kappa shape index (κ1) is 11.0. The highest BCUT2D eigenvalue weighted by molar-refractivity contribution is 6.31. The van der Waals surface area contributed by atoms with E-state index in [1.165, 1.54) is 31.1 Å². The second-order valence-electron chi connectivity index (χ2n) is 4.93. The molecule has 2 N–H and O–H groups in total. The zero-order valence-corrected chi connectivity index (χ0v) is 10.6. The topological polar surface area (TPSA) is 27.8 Å². The lowest BCUT2D eigenvalue weighted by atomic mass is 10.1. The first-order valence-electron chi connectivity index (χ1n) is 6.33. The lowest BCUT2D eigenvalue weighted by Crippen LogP contribution is -2.11. The third-order valence-electron chi connectivity index (χ3n) is 3.68. The molecule has 0 unspecified atom stereocenters. The van der Waals surface area contributed by atoms with Gasteiger partial charge < -0.3 is 10.3 Å². The van der Waals surface area contributed by atoms with Gasteiger partial charge in [0, 0.05) is 23.2 Å². The molecule has 1 saturated carbocycles. The number of halogens is 1. The van der Waals surface area contributed by atoms with Crippen LogP contribution in [0.3, 0.4) is 0 Å². The Morgan fingerprint density at radius 1 is 1.29 bits per heavy atom. The Kier molecular flexibility index (Phi) is 2.98. The summed E-state index contributed by atoms with van der Waals surface area (Å²) in [5.41, 5.74) is 2.29. The average molecular weight is 249 g/mol. The van der Waals surface area contributed by atoms with E-state index in [1.807, 2.05) is 18.3 Å². The summed E-state index contributed by atoms with van der Waals surface area (Å²) in [4.78, 5) is 3.27. The van der Waals surface area contributed by atoms with E-state index in [0.717, 1.165) is 28.7 Å². The normalized spacial score (nSPS) is 16.8. The number of benzene rings is 1. The van der Waals surface area contributed by atoms with Gasteiger partial charge in [0.25, 0.3) is 0 Å². The molecule has 1 aliphatic carbocycles. The summed E-state index contributed by atoms with van der Waals surface area (Å²) in [6.07, 6.45) is 7.46. The van der Waals surface area contributed by atoms with E-state index < -0.39 is 0 Å². The Morgan fingerprint density at radius 2 is 2.12 bits per heavy atom. The van der Waals surface area contributed by atoms with Crippen molar-refractivity contribution in [3.8, 4) is 0 Å². The van der Waals surface area contributed by atoms with Crippen molar-refractivity contribution in [2.45, 2.75) is 25.7 Å². The van der Waals surface area contributed by atoms with Crippen molar-refractivity contribution in [1.29, 1.82) is 0 Å². The van der Waals surface area contributed by atoms with Crippen LogP contribution in [0.4, 0.5) is 5.69 Å². The number of H-pyrrole nitrogens is 1. The van der Waals surface area contributed by atoms with Crippen molar-refractivity contribution in [3.63, 3.8) is 0 Å². The summed E-state index contributed by atoms with van der Waals surface area (Å²) in [7, 11) is 0. The maximum Gasteiger partial charge on any atom is 0.0690 e. The fourth-order valence-electron chi connectivity index (χ4n) is 2.74. The Bertz CT molecular complexity index is 512. The number of aromatic amines is 1. The highest BCUT2D eigenvalue weighted by atomic mass is 35.5. The Balaban J connectivity index is 1.81. The molecule has 0 spiro atoms. The van der Waals surface area contributed by atoms with Crippen molar-refractivity contribution in [1.82, 2.24) is 4.98 Å². The lowest BCUT2D eigenvalue weighted by Gasteiger charge is -2.13. The van der Waals surface area contributed by atoms with E-state index in [4.69, 9.17) is 11.6 Å². The van der Waals surface area contributed by atoms with Gasteiger partial charge in [-0.15, -0.1) is 0 Å². The van der Waals surface area contributed by atoms with Gasteiger partial charge in [0.1, 0.15) is 0 Å². The molecule has 0 amide bonds. The van der Waals surface area contributed by atoms with Crippen molar-refractivity contribution in [2.75, 3.05) is 11.9 Å². The second kappa shape index (κ2) is 4.61. The third kappa shape index (κ3) is 2.27. The maximum atomic E-state index is 6.12. The molecule has 0 aliphatic heterocycles. The molecule has 17 heavy (non-hydrogen) atoms. The SMILES string of the molecule is Clc1cc(NCC2CCCC2)c2[nH]ccc2c1. The van der Waals surface area contributed by atoms with Crippen LogP contribution in [0.5, 0.6) is 0 Å². The molecule has 0 bridgehead atoms. The van der Waals surface area contributed by atoms with Crippen LogP contribution < -0.4 is 5.32 Å². The van der Waals surface area contributed by atoms with Crippen LogP contribution in [-0.4, -0.2) is 11.5 Å².